The Balaban J connectivity index is 1.59. The van der Waals surface area contributed by atoms with Crippen LogP contribution < -0.4 is 5.32 Å². The number of hydrogen-bond donors (Lipinski definition) is 1. The van der Waals surface area contributed by atoms with Gasteiger partial charge < -0.3 is 5.32 Å². The van der Waals surface area contributed by atoms with E-state index in [9.17, 15) is 0 Å². The van der Waals surface area contributed by atoms with Gasteiger partial charge in [0.2, 0.25) is 0 Å². The summed E-state index contributed by atoms with van der Waals surface area (Å²) < 4.78 is 0. The molecule has 0 radical (unpaired) electrons. The van der Waals surface area contributed by atoms with Gasteiger partial charge >= 0.3 is 0 Å². The van der Waals surface area contributed by atoms with E-state index in [1.54, 1.807) is 0 Å². The van der Waals surface area contributed by atoms with E-state index in [1.165, 1.54) is 11.1 Å². The topological polar surface area (TPSA) is 28.2 Å². The number of benzene rings is 1. The quantitative estimate of drug-likeness (QED) is 0.919. The minimum Gasteiger partial charge on any atom is -0.314 e. The van der Waals surface area contributed by atoms with Crippen LogP contribution >= 0.6 is 0 Å². The Hall–Kier alpha value is -1.71. The monoisotopic (exact) mass is 267 g/mol. The van der Waals surface area contributed by atoms with Crippen molar-refractivity contribution in [2.45, 2.75) is 13.0 Å². The van der Waals surface area contributed by atoms with Gasteiger partial charge in [-0.25, -0.2) is 0 Å². The summed E-state index contributed by atoms with van der Waals surface area (Å²) in [5, 5.41) is 3.39. The van der Waals surface area contributed by atoms with Crippen molar-refractivity contribution in [2.75, 3.05) is 26.2 Å². The molecule has 20 heavy (non-hydrogen) atoms. The lowest BCUT2D eigenvalue weighted by Gasteiger charge is -2.27. The predicted octanol–water partition coefficient (Wildman–Crippen LogP) is 2.08. The molecule has 0 spiro atoms. The van der Waals surface area contributed by atoms with Crippen LogP contribution in [0.15, 0.2) is 48.7 Å². The Morgan fingerprint density at radius 3 is 2.40 bits per heavy atom. The van der Waals surface area contributed by atoms with E-state index in [0.29, 0.717) is 0 Å². The molecule has 1 aliphatic rings. The van der Waals surface area contributed by atoms with Crippen molar-refractivity contribution in [1.82, 2.24) is 15.2 Å². The van der Waals surface area contributed by atoms with Crippen molar-refractivity contribution in [2.24, 2.45) is 0 Å². The second-order valence-electron chi connectivity index (χ2n) is 5.34. The Bertz CT molecular complexity index is 516. The van der Waals surface area contributed by atoms with E-state index in [2.05, 4.69) is 45.5 Å². The number of pyridine rings is 1. The highest BCUT2D eigenvalue weighted by Crippen LogP contribution is 2.11. The molecule has 1 saturated heterocycles. The van der Waals surface area contributed by atoms with Crippen LogP contribution in [0.25, 0.3) is 0 Å². The molecule has 0 saturated carbocycles. The van der Waals surface area contributed by atoms with Crippen LogP contribution in [0.5, 0.6) is 0 Å². The van der Waals surface area contributed by atoms with Gasteiger partial charge in [0, 0.05) is 51.0 Å². The average molecular weight is 267 g/mol. The predicted molar refractivity (Wildman–Crippen MR) is 81.6 cm³/mol. The van der Waals surface area contributed by atoms with Gasteiger partial charge in [-0.2, -0.15) is 0 Å². The highest BCUT2D eigenvalue weighted by Gasteiger charge is 2.09. The average Bonchev–Trinajstić information content (AvgIpc) is 2.51. The lowest BCUT2D eigenvalue weighted by Crippen LogP contribution is -2.42. The van der Waals surface area contributed by atoms with Gasteiger partial charge in [0.1, 0.15) is 0 Å². The van der Waals surface area contributed by atoms with Crippen LogP contribution in [0.3, 0.4) is 0 Å². The smallest absolute Gasteiger partial charge is 0.0447 e. The molecular formula is C17H21N3. The Morgan fingerprint density at radius 2 is 1.70 bits per heavy atom. The molecule has 1 aliphatic heterocycles. The highest BCUT2D eigenvalue weighted by atomic mass is 15.2. The standard InChI is InChI=1S/C17H21N3/c1-2-8-19-17(3-1)13-15-4-6-16(7-5-15)14-20-11-9-18-10-12-20/h1-8,18H,9-14H2. The van der Waals surface area contributed by atoms with E-state index in [1.807, 2.05) is 18.3 Å². The van der Waals surface area contributed by atoms with Crippen molar-refractivity contribution >= 4 is 0 Å². The first-order chi connectivity index (χ1) is 9.90. The number of hydrogen-bond acceptors (Lipinski definition) is 3. The summed E-state index contributed by atoms with van der Waals surface area (Å²) in [5.41, 5.74) is 3.85. The third-order valence-electron chi connectivity index (χ3n) is 3.75. The maximum Gasteiger partial charge on any atom is 0.0447 e. The van der Waals surface area contributed by atoms with Gasteiger partial charge in [-0.15, -0.1) is 0 Å². The minimum absolute atomic E-state index is 0.911. The molecular weight excluding hydrogens is 246 g/mol. The molecule has 1 fully saturated rings. The van der Waals surface area contributed by atoms with Crippen LogP contribution in [0.4, 0.5) is 0 Å². The normalized spacial score (nSPS) is 16.2. The molecule has 3 nitrogen and oxygen atoms in total. The molecule has 1 aromatic carbocycles. The first-order valence-electron chi connectivity index (χ1n) is 7.31. The summed E-state index contributed by atoms with van der Waals surface area (Å²) in [6.07, 6.45) is 2.77. The fraction of sp³-hybridized carbons (Fsp3) is 0.353. The summed E-state index contributed by atoms with van der Waals surface area (Å²) in [6, 6.07) is 15.0. The van der Waals surface area contributed by atoms with Crippen molar-refractivity contribution in [3.8, 4) is 0 Å². The molecule has 3 heteroatoms. The SMILES string of the molecule is c1ccc(Cc2ccc(CN3CCNCC3)cc2)nc1. The highest BCUT2D eigenvalue weighted by molar-refractivity contribution is 5.26. The number of piperazine rings is 1. The van der Waals surface area contributed by atoms with Crippen LogP contribution in [0.2, 0.25) is 0 Å². The fourth-order valence-corrected chi connectivity index (χ4v) is 2.60. The van der Waals surface area contributed by atoms with E-state index in [4.69, 9.17) is 0 Å². The Labute approximate surface area is 120 Å². The van der Waals surface area contributed by atoms with Crippen LogP contribution in [-0.4, -0.2) is 36.1 Å². The zero-order valence-corrected chi connectivity index (χ0v) is 11.8. The number of aromatic nitrogens is 1. The maximum atomic E-state index is 4.37. The zero-order chi connectivity index (χ0) is 13.6. The first kappa shape index (κ1) is 13.3. The second kappa shape index (κ2) is 6.64. The van der Waals surface area contributed by atoms with Gasteiger partial charge in [0.05, 0.1) is 0 Å². The van der Waals surface area contributed by atoms with Crippen molar-refractivity contribution in [3.05, 3.63) is 65.5 Å². The molecule has 1 N–H and O–H groups in total. The molecule has 0 amide bonds. The lowest BCUT2D eigenvalue weighted by atomic mass is 10.1. The maximum absolute atomic E-state index is 4.37. The zero-order valence-electron chi connectivity index (χ0n) is 11.8. The molecule has 0 atom stereocenters. The third kappa shape index (κ3) is 3.65. The molecule has 1 aromatic heterocycles. The number of nitrogens with one attached hydrogen (secondary N) is 1. The van der Waals surface area contributed by atoms with Crippen molar-refractivity contribution < 1.29 is 0 Å². The van der Waals surface area contributed by atoms with Crippen LogP contribution in [-0.2, 0) is 13.0 Å². The molecule has 104 valence electrons. The van der Waals surface area contributed by atoms with Gasteiger partial charge in [-0.1, -0.05) is 30.3 Å². The largest absolute Gasteiger partial charge is 0.314 e. The molecule has 2 aromatic rings. The fourth-order valence-electron chi connectivity index (χ4n) is 2.60. The van der Waals surface area contributed by atoms with E-state index in [-0.39, 0.29) is 0 Å². The minimum atomic E-state index is 0.911. The van der Waals surface area contributed by atoms with Crippen molar-refractivity contribution in [1.29, 1.82) is 0 Å². The number of rotatable bonds is 4. The molecule has 0 aliphatic carbocycles. The molecule has 3 rings (SSSR count). The molecule has 2 heterocycles. The lowest BCUT2D eigenvalue weighted by molar-refractivity contribution is 0.233. The van der Waals surface area contributed by atoms with Gasteiger partial charge in [0.15, 0.2) is 0 Å². The first-order valence-corrected chi connectivity index (χ1v) is 7.31. The van der Waals surface area contributed by atoms with Gasteiger partial charge in [-0.05, 0) is 23.3 Å². The summed E-state index contributed by atoms with van der Waals surface area (Å²) in [7, 11) is 0. The Kier molecular flexibility index (Phi) is 4.41. The molecule has 0 bridgehead atoms. The van der Waals surface area contributed by atoms with E-state index >= 15 is 0 Å². The van der Waals surface area contributed by atoms with Gasteiger partial charge in [-0.3, -0.25) is 9.88 Å². The summed E-state index contributed by atoms with van der Waals surface area (Å²) in [4.78, 5) is 6.88. The van der Waals surface area contributed by atoms with E-state index in [0.717, 1.165) is 44.8 Å². The van der Waals surface area contributed by atoms with Crippen LogP contribution in [0.1, 0.15) is 16.8 Å². The molecule has 0 unspecified atom stereocenters. The summed E-state index contributed by atoms with van der Waals surface area (Å²) >= 11 is 0. The summed E-state index contributed by atoms with van der Waals surface area (Å²) in [5.74, 6) is 0. The second-order valence-corrected chi connectivity index (χ2v) is 5.34. The van der Waals surface area contributed by atoms with Crippen molar-refractivity contribution in [3.63, 3.8) is 0 Å². The third-order valence-corrected chi connectivity index (χ3v) is 3.75. The summed E-state index contributed by atoms with van der Waals surface area (Å²) in [6.45, 7) is 5.58. The van der Waals surface area contributed by atoms with E-state index < -0.39 is 0 Å². The van der Waals surface area contributed by atoms with Crippen LogP contribution in [0, 0.1) is 0 Å². The van der Waals surface area contributed by atoms with Gasteiger partial charge in [0.25, 0.3) is 0 Å². The Morgan fingerprint density at radius 1 is 0.950 bits per heavy atom. The number of nitrogens with zero attached hydrogens (tertiary/aromatic N) is 2.